The number of aliphatic hydroxyl groups excluding tert-OH is 1. The van der Waals surface area contributed by atoms with Crippen LogP contribution in [0.3, 0.4) is 0 Å². The van der Waals surface area contributed by atoms with Gasteiger partial charge in [-0.3, -0.25) is 19.5 Å². The van der Waals surface area contributed by atoms with Gasteiger partial charge in [0.05, 0.1) is 6.10 Å². The molecule has 20 heteroatoms. The lowest BCUT2D eigenvalue weighted by Gasteiger charge is -2.34. The third-order valence-electron chi connectivity index (χ3n) is 4.46. The van der Waals surface area contributed by atoms with Crippen LogP contribution < -0.4 is 11.1 Å². The summed E-state index contributed by atoms with van der Waals surface area (Å²) in [4.78, 5) is 61.0. The Balaban J connectivity index is 2.25. The highest BCUT2D eigenvalue weighted by atomic mass is 31.3. The van der Waals surface area contributed by atoms with Crippen molar-refractivity contribution in [1.29, 1.82) is 0 Å². The molecule has 0 aromatic carbocycles. The van der Waals surface area contributed by atoms with E-state index in [-0.39, 0.29) is 12.8 Å². The van der Waals surface area contributed by atoms with Gasteiger partial charge in [-0.05, 0) is 13.3 Å². The van der Waals surface area contributed by atoms with E-state index in [1.807, 2.05) is 0 Å². The molecule has 2 rings (SSSR count). The molecule has 0 aromatic rings. The highest BCUT2D eigenvalue weighted by Gasteiger charge is 2.58. The molecule has 0 aromatic heterocycles. The van der Waals surface area contributed by atoms with E-state index in [4.69, 9.17) is 26.7 Å². The predicted molar refractivity (Wildman–Crippen MR) is 109 cm³/mol. The number of nitrogens with zero attached hydrogens (tertiary/aromatic N) is 1. The number of hydrogen-bond donors (Lipinski definition) is 7. The Morgan fingerprint density at radius 2 is 1.88 bits per heavy atom. The standard InChI is InChI=1S/C14H22N3O14P3/c1-3-14(15)11(19)10(28-12(14)17-7-5-4-6-9(18)16-13(17)20)8(2)29-33(24,25)31-34(26,27)30-32(21,22)23/h1,5,7-8,10-12,19H,4,6,15H2,2H3,(H,24,25)(H,26,27)(H,16,18,20)(H2,21,22,23)/b7-5-/t8?,10-,11?,12-,14?/m1/s1. The van der Waals surface area contributed by atoms with Gasteiger partial charge in [-0.2, -0.15) is 8.62 Å². The molecular weight excluding hydrogens is 527 g/mol. The fourth-order valence-electron chi connectivity index (χ4n) is 3.04. The van der Waals surface area contributed by atoms with E-state index in [0.717, 1.165) is 11.8 Å². The molecule has 17 nitrogen and oxygen atoms in total. The van der Waals surface area contributed by atoms with Crippen molar-refractivity contribution < 1.29 is 65.8 Å². The minimum absolute atomic E-state index is 0.0207. The van der Waals surface area contributed by atoms with Crippen LogP contribution in [-0.4, -0.2) is 71.6 Å². The number of allylic oxidation sites excluding steroid dienone is 1. The number of terminal acetylenes is 1. The summed E-state index contributed by atoms with van der Waals surface area (Å²) >= 11 is 0. The maximum Gasteiger partial charge on any atom is 0.490 e. The molecular formula is C14H22N3O14P3. The summed E-state index contributed by atoms with van der Waals surface area (Å²) in [6.07, 6.45) is 1.50. The van der Waals surface area contributed by atoms with Crippen LogP contribution in [0.5, 0.6) is 0 Å². The Morgan fingerprint density at radius 1 is 1.26 bits per heavy atom. The van der Waals surface area contributed by atoms with Crippen LogP contribution >= 0.6 is 23.5 Å². The Labute approximate surface area is 192 Å². The zero-order chi connectivity index (χ0) is 26.1. The minimum atomic E-state index is -5.79. The van der Waals surface area contributed by atoms with E-state index in [2.05, 4.69) is 24.4 Å². The van der Waals surface area contributed by atoms with Crippen LogP contribution in [0.2, 0.25) is 0 Å². The largest absolute Gasteiger partial charge is 0.490 e. The lowest BCUT2D eigenvalue weighted by atomic mass is 9.90. The van der Waals surface area contributed by atoms with Crippen molar-refractivity contribution in [3.05, 3.63) is 12.3 Å². The first kappa shape index (κ1) is 28.8. The zero-order valence-corrected chi connectivity index (χ0v) is 19.9. The second-order valence-electron chi connectivity index (χ2n) is 7.06. The van der Waals surface area contributed by atoms with Crippen LogP contribution in [0.1, 0.15) is 19.8 Å². The van der Waals surface area contributed by atoms with Crippen LogP contribution in [-0.2, 0) is 36.4 Å². The second kappa shape index (κ2) is 10.3. The fourth-order valence-corrected chi connectivity index (χ4v) is 6.24. The van der Waals surface area contributed by atoms with E-state index < -0.39 is 65.5 Å². The van der Waals surface area contributed by atoms with Crippen LogP contribution in [0.4, 0.5) is 4.79 Å². The number of carbonyl (C=O) groups is 2. The Hall–Kier alpha value is -1.47. The quantitative estimate of drug-likeness (QED) is 0.141. The van der Waals surface area contributed by atoms with E-state index in [0.29, 0.717) is 0 Å². The van der Waals surface area contributed by atoms with Crippen LogP contribution in [0.15, 0.2) is 12.3 Å². The Morgan fingerprint density at radius 3 is 2.44 bits per heavy atom. The Kier molecular flexibility index (Phi) is 8.68. The molecule has 0 radical (unpaired) electrons. The fraction of sp³-hybridized carbons (Fsp3) is 0.571. The van der Waals surface area contributed by atoms with Crippen molar-refractivity contribution in [2.75, 3.05) is 0 Å². The first-order valence-electron chi connectivity index (χ1n) is 9.12. The number of amides is 3. The van der Waals surface area contributed by atoms with Gasteiger partial charge in [0.15, 0.2) is 11.8 Å². The van der Waals surface area contributed by atoms with Crippen molar-refractivity contribution in [1.82, 2.24) is 10.2 Å². The Bertz CT molecular complexity index is 1040. The van der Waals surface area contributed by atoms with Gasteiger partial charge < -0.3 is 35.2 Å². The third-order valence-corrected chi connectivity index (χ3v) is 8.39. The SMILES string of the molecule is C#CC1(N)C(O)[C@@H](C(C)OP(=O)(O)OP(=O)(O)OP(=O)(O)O)O[C@H]1N1/C=C\CCC(=O)NC1=O. The highest BCUT2D eigenvalue weighted by molar-refractivity contribution is 7.66. The summed E-state index contributed by atoms with van der Waals surface area (Å²) in [7, 11) is -17.0. The highest BCUT2D eigenvalue weighted by Crippen LogP contribution is 2.66. The number of hydrogen-bond acceptors (Lipinski definition) is 11. The molecule has 1 fully saturated rings. The summed E-state index contributed by atoms with van der Waals surface area (Å²) in [6.45, 7) is 1.03. The molecule has 7 atom stereocenters. The number of urea groups is 1. The summed E-state index contributed by atoms with van der Waals surface area (Å²) in [5.41, 5.74) is 3.93. The molecule has 2 heterocycles. The maximum atomic E-state index is 12.4. The molecule has 192 valence electrons. The molecule has 0 saturated carbocycles. The second-order valence-corrected chi connectivity index (χ2v) is 11.4. The normalized spacial score (nSPS) is 33.6. The first-order valence-corrected chi connectivity index (χ1v) is 13.6. The smallest absolute Gasteiger partial charge is 0.387 e. The predicted octanol–water partition coefficient (Wildman–Crippen LogP) is -1.02. The van der Waals surface area contributed by atoms with Crippen molar-refractivity contribution in [3.63, 3.8) is 0 Å². The number of phosphoric acid groups is 3. The lowest BCUT2D eigenvalue weighted by Crippen LogP contribution is -2.62. The molecule has 1 saturated heterocycles. The number of nitrogens with one attached hydrogen (secondary N) is 1. The molecule has 0 spiro atoms. The monoisotopic (exact) mass is 549 g/mol. The number of aliphatic hydroxyl groups is 1. The van der Waals surface area contributed by atoms with Crippen molar-refractivity contribution in [2.45, 2.75) is 49.8 Å². The van der Waals surface area contributed by atoms with Crippen LogP contribution in [0, 0.1) is 12.3 Å². The molecule has 0 bridgehead atoms. The number of carbonyl (C=O) groups excluding carboxylic acids is 2. The third kappa shape index (κ3) is 7.03. The van der Waals surface area contributed by atoms with Gasteiger partial charge in [-0.1, -0.05) is 12.0 Å². The van der Waals surface area contributed by atoms with E-state index in [1.54, 1.807) is 0 Å². The van der Waals surface area contributed by atoms with Gasteiger partial charge in [0.1, 0.15) is 12.2 Å². The first-order chi connectivity index (χ1) is 15.4. The van der Waals surface area contributed by atoms with Crippen molar-refractivity contribution in [3.8, 4) is 12.3 Å². The molecule has 2 aliphatic rings. The zero-order valence-electron chi connectivity index (χ0n) is 17.2. The number of nitrogens with two attached hydrogens (primary N) is 1. The van der Waals surface area contributed by atoms with Gasteiger partial charge in [0.2, 0.25) is 5.91 Å². The number of imide groups is 1. The van der Waals surface area contributed by atoms with E-state index >= 15 is 0 Å². The van der Waals surface area contributed by atoms with Gasteiger partial charge in [0.25, 0.3) is 0 Å². The number of ether oxygens (including phenoxy) is 1. The average Bonchev–Trinajstić information content (AvgIpc) is 2.89. The van der Waals surface area contributed by atoms with Crippen LogP contribution in [0.25, 0.3) is 0 Å². The molecule has 5 unspecified atom stereocenters. The molecule has 0 aliphatic carbocycles. The molecule has 8 N–H and O–H groups in total. The summed E-state index contributed by atoms with van der Waals surface area (Å²) < 4.78 is 51.7. The molecule has 2 aliphatic heterocycles. The molecule has 3 amide bonds. The van der Waals surface area contributed by atoms with Crippen molar-refractivity contribution in [2.24, 2.45) is 5.73 Å². The van der Waals surface area contributed by atoms with Gasteiger partial charge >= 0.3 is 29.5 Å². The summed E-state index contributed by atoms with van der Waals surface area (Å²) in [5, 5.41) is 12.7. The number of rotatable bonds is 8. The van der Waals surface area contributed by atoms with Gasteiger partial charge in [-0.25, -0.2) is 18.5 Å². The summed E-state index contributed by atoms with van der Waals surface area (Å²) in [5.74, 6) is 1.46. The average molecular weight is 549 g/mol. The topological polar surface area (TPSA) is 265 Å². The van der Waals surface area contributed by atoms with E-state index in [9.17, 15) is 38.2 Å². The lowest BCUT2D eigenvalue weighted by molar-refractivity contribution is -0.120. The maximum absolute atomic E-state index is 12.4. The van der Waals surface area contributed by atoms with Gasteiger partial charge in [-0.15, -0.1) is 6.42 Å². The van der Waals surface area contributed by atoms with E-state index in [1.165, 1.54) is 12.3 Å². The summed E-state index contributed by atoms with van der Waals surface area (Å²) in [6, 6.07) is -0.996. The minimum Gasteiger partial charge on any atom is -0.387 e. The number of phosphoric ester groups is 1. The van der Waals surface area contributed by atoms with Gasteiger partial charge in [0, 0.05) is 12.6 Å². The van der Waals surface area contributed by atoms with Crippen molar-refractivity contribution >= 4 is 35.4 Å². The molecule has 34 heavy (non-hydrogen) atoms.